The maximum absolute atomic E-state index is 12.5. The van der Waals surface area contributed by atoms with Crippen LogP contribution in [-0.4, -0.2) is 25.9 Å². The van der Waals surface area contributed by atoms with Crippen LogP contribution in [0.2, 0.25) is 0 Å². The lowest BCUT2D eigenvalue weighted by molar-refractivity contribution is 0.0927. The van der Waals surface area contributed by atoms with Crippen molar-refractivity contribution in [3.8, 4) is 5.69 Å². The number of aromatic nitrogens is 4. The standard InChI is InChI=1S/C20H23N5O/c1-12-6-4-8-18(14(12)3)25-19-9-5-7-16(15(19)11-21-25)22-20(26)17-10-13(2)23-24-17/h4,6,8,10-11,16H,5,7,9H2,1-3H3,(H,22,26)(H,23,24)/t16-/m0/s1. The first-order chi connectivity index (χ1) is 12.5. The summed E-state index contributed by atoms with van der Waals surface area (Å²) < 4.78 is 2.04. The third-order valence-electron chi connectivity index (χ3n) is 5.23. The van der Waals surface area contributed by atoms with Crippen LogP contribution in [-0.2, 0) is 6.42 Å². The van der Waals surface area contributed by atoms with E-state index in [0.29, 0.717) is 5.69 Å². The summed E-state index contributed by atoms with van der Waals surface area (Å²) in [6.07, 6.45) is 4.81. The van der Waals surface area contributed by atoms with Gasteiger partial charge in [-0.3, -0.25) is 9.89 Å². The van der Waals surface area contributed by atoms with Gasteiger partial charge in [0.05, 0.1) is 17.9 Å². The van der Waals surface area contributed by atoms with E-state index in [2.05, 4.69) is 52.7 Å². The largest absolute Gasteiger partial charge is 0.344 e. The van der Waals surface area contributed by atoms with Crippen molar-refractivity contribution in [2.45, 2.75) is 46.1 Å². The van der Waals surface area contributed by atoms with E-state index in [-0.39, 0.29) is 11.9 Å². The van der Waals surface area contributed by atoms with Crippen molar-refractivity contribution in [2.75, 3.05) is 0 Å². The molecule has 3 aromatic rings. The first-order valence-electron chi connectivity index (χ1n) is 9.01. The number of aromatic amines is 1. The highest BCUT2D eigenvalue weighted by atomic mass is 16.2. The van der Waals surface area contributed by atoms with Gasteiger partial charge < -0.3 is 5.32 Å². The first-order valence-corrected chi connectivity index (χ1v) is 9.01. The average molecular weight is 349 g/mol. The SMILES string of the molecule is Cc1cc(C(=O)N[C@H]2CCCc3c2cnn3-c2cccc(C)c2C)n[nH]1. The number of amides is 1. The molecular weight excluding hydrogens is 326 g/mol. The van der Waals surface area contributed by atoms with Crippen molar-refractivity contribution in [3.05, 3.63) is 64.2 Å². The van der Waals surface area contributed by atoms with E-state index < -0.39 is 0 Å². The fourth-order valence-electron chi connectivity index (χ4n) is 3.65. The highest BCUT2D eigenvalue weighted by Gasteiger charge is 2.27. The number of carbonyl (C=O) groups excluding carboxylic acids is 1. The van der Waals surface area contributed by atoms with Crippen molar-refractivity contribution in [1.29, 1.82) is 0 Å². The van der Waals surface area contributed by atoms with Gasteiger partial charge in [0.15, 0.2) is 0 Å². The van der Waals surface area contributed by atoms with E-state index in [1.165, 1.54) is 16.8 Å². The quantitative estimate of drug-likeness (QED) is 0.761. The lowest BCUT2D eigenvalue weighted by atomic mass is 9.92. The number of carbonyl (C=O) groups is 1. The average Bonchev–Trinajstić information content (AvgIpc) is 3.24. The number of rotatable bonds is 3. The molecule has 0 saturated carbocycles. The molecule has 2 aromatic heterocycles. The van der Waals surface area contributed by atoms with Crippen molar-refractivity contribution >= 4 is 5.91 Å². The number of hydrogen-bond acceptors (Lipinski definition) is 3. The van der Waals surface area contributed by atoms with Gasteiger partial charge >= 0.3 is 0 Å². The van der Waals surface area contributed by atoms with E-state index in [1.807, 2.05) is 17.8 Å². The van der Waals surface area contributed by atoms with Gasteiger partial charge in [-0.15, -0.1) is 0 Å². The van der Waals surface area contributed by atoms with Crippen LogP contribution in [0.15, 0.2) is 30.5 Å². The molecule has 0 spiro atoms. The van der Waals surface area contributed by atoms with Gasteiger partial charge in [0, 0.05) is 17.0 Å². The summed E-state index contributed by atoms with van der Waals surface area (Å²) >= 11 is 0. The molecule has 6 nitrogen and oxygen atoms in total. The molecule has 1 aliphatic rings. The molecule has 0 aliphatic heterocycles. The molecule has 0 fully saturated rings. The Morgan fingerprint density at radius 1 is 1.31 bits per heavy atom. The minimum Gasteiger partial charge on any atom is -0.344 e. The van der Waals surface area contributed by atoms with Crippen LogP contribution in [0.5, 0.6) is 0 Å². The molecule has 134 valence electrons. The topological polar surface area (TPSA) is 75.6 Å². The summed E-state index contributed by atoms with van der Waals surface area (Å²) in [7, 11) is 0. The molecule has 0 saturated heterocycles. The third kappa shape index (κ3) is 2.81. The van der Waals surface area contributed by atoms with Gasteiger partial charge in [-0.1, -0.05) is 12.1 Å². The number of fused-ring (bicyclic) bond motifs is 1. The number of nitrogens with zero attached hydrogens (tertiary/aromatic N) is 3. The Morgan fingerprint density at radius 2 is 2.15 bits per heavy atom. The molecule has 1 amide bonds. The van der Waals surface area contributed by atoms with Crippen LogP contribution in [0.25, 0.3) is 5.69 Å². The van der Waals surface area contributed by atoms with Crippen LogP contribution in [0.1, 0.15) is 57.5 Å². The molecule has 0 unspecified atom stereocenters. The number of hydrogen-bond donors (Lipinski definition) is 2. The predicted octanol–water partition coefficient (Wildman–Crippen LogP) is 3.33. The molecule has 1 atom stereocenters. The lowest BCUT2D eigenvalue weighted by Crippen LogP contribution is -2.31. The van der Waals surface area contributed by atoms with Gasteiger partial charge in [-0.05, 0) is 63.3 Å². The second-order valence-corrected chi connectivity index (χ2v) is 7.03. The van der Waals surface area contributed by atoms with Crippen molar-refractivity contribution in [3.63, 3.8) is 0 Å². The van der Waals surface area contributed by atoms with Crippen molar-refractivity contribution in [2.24, 2.45) is 0 Å². The van der Waals surface area contributed by atoms with Gasteiger partial charge in [0.1, 0.15) is 5.69 Å². The van der Waals surface area contributed by atoms with Crippen molar-refractivity contribution < 1.29 is 4.79 Å². The van der Waals surface area contributed by atoms with E-state index in [0.717, 1.165) is 36.2 Å². The molecular formula is C20H23N5O. The van der Waals surface area contributed by atoms with E-state index >= 15 is 0 Å². The predicted molar refractivity (Wildman–Crippen MR) is 99.5 cm³/mol. The Balaban J connectivity index is 1.65. The second kappa shape index (κ2) is 6.44. The van der Waals surface area contributed by atoms with Gasteiger partial charge in [-0.25, -0.2) is 4.68 Å². The molecule has 1 aliphatic carbocycles. The summed E-state index contributed by atoms with van der Waals surface area (Å²) in [4.78, 5) is 12.5. The summed E-state index contributed by atoms with van der Waals surface area (Å²) in [5.74, 6) is -0.147. The second-order valence-electron chi connectivity index (χ2n) is 7.03. The Hall–Kier alpha value is -2.89. The van der Waals surface area contributed by atoms with Crippen LogP contribution in [0.4, 0.5) is 0 Å². The fourth-order valence-corrected chi connectivity index (χ4v) is 3.65. The Bertz CT molecular complexity index is 968. The van der Waals surface area contributed by atoms with Crippen LogP contribution < -0.4 is 5.32 Å². The summed E-state index contributed by atoms with van der Waals surface area (Å²) in [6.45, 7) is 6.13. The number of benzene rings is 1. The molecule has 2 N–H and O–H groups in total. The molecule has 6 heteroatoms. The Kier molecular flexibility index (Phi) is 4.11. The van der Waals surface area contributed by atoms with E-state index in [9.17, 15) is 4.79 Å². The van der Waals surface area contributed by atoms with E-state index in [4.69, 9.17) is 0 Å². The minimum absolute atomic E-state index is 0.0258. The smallest absolute Gasteiger partial charge is 0.272 e. The number of nitrogens with one attached hydrogen (secondary N) is 2. The summed E-state index contributed by atoms with van der Waals surface area (Å²) in [5, 5.41) is 14.6. The van der Waals surface area contributed by atoms with E-state index in [1.54, 1.807) is 6.07 Å². The zero-order valence-corrected chi connectivity index (χ0v) is 15.3. The molecule has 2 heterocycles. The third-order valence-corrected chi connectivity index (χ3v) is 5.23. The monoisotopic (exact) mass is 349 g/mol. The number of aryl methyl sites for hydroxylation is 2. The molecule has 1 aromatic carbocycles. The first kappa shape index (κ1) is 16.6. The maximum atomic E-state index is 12.5. The molecule has 4 rings (SSSR count). The summed E-state index contributed by atoms with van der Waals surface area (Å²) in [6, 6.07) is 8.02. The molecule has 26 heavy (non-hydrogen) atoms. The molecule has 0 radical (unpaired) electrons. The highest BCUT2D eigenvalue weighted by molar-refractivity contribution is 5.92. The molecule has 0 bridgehead atoms. The summed E-state index contributed by atoms with van der Waals surface area (Å²) in [5.41, 5.74) is 7.20. The number of H-pyrrole nitrogens is 1. The zero-order valence-electron chi connectivity index (χ0n) is 15.3. The van der Waals surface area contributed by atoms with Gasteiger partial charge in [0.25, 0.3) is 5.91 Å². The zero-order chi connectivity index (χ0) is 18.3. The van der Waals surface area contributed by atoms with Gasteiger partial charge in [-0.2, -0.15) is 10.2 Å². The normalized spacial score (nSPS) is 16.3. The minimum atomic E-state index is -0.147. The maximum Gasteiger partial charge on any atom is 0.272 e. The van der Waals surface area contributed by atoms with Crippen LogP contribution in [0.3, 0.4) is 0 Å². The Labute approximate surface area is 152 Å². The lowest BCUT2D eigenvalue weighted by Gasteiger charge is -2.24. The Morgan fingerprint density at radius 3 is 2.92 bits per heavy atom. The highest BCUT2D eigenvalue weighted by Crippen LogP contribution is 2.32. The fraction of sp³-hybridized carbons (Fsp3) is 0.350. The van der Waals surface area contributed by atoms with Gasteiger partial charge in [0.2, 0.25) is 0 Å². The van der Waals surface area contributed by atoms with Crippen LogP contribution in [0, 0.1) is 20.8 Å². The van der Waals surface area contributed by atoms with Crippen LogP contribution >= 0.6 is 0 Å². The van der Waals surface area contributed by atoms with Crippen molar-refractivity contribution in [1.82, 2.24) is 25.3 Å².